The van der Waals surface area contributed by atoms with Gasteiger partial charge in [-0.25, -0.2) is 0 Å². The van der Waals surface area contributed by atoms with E-state index in [2.05, 4.69) is 62.8 Å². The minimum absolute atomic E-state index is 1.10. The van der Waals surface area contributed by atoms with Crippen molar-refractivity contribution < 1.29 is 0 Å². The highest BCUT2D eigenvalue weighted by atomic mass is 127. The first kappa shape index (κ1) is 7.80. The van der Waals surface area contributed by atoms with E-state index in [4.69, 9.17) is 0 Å². The number of hydrogen-bond acceptors (Lipinski definition) is 0. The molecule has 0 amide bonds. The van der Waals surface area contributed by atoms with Crippen LogP contribution in [0.2, 0.25) is 0 Å². The van der Waals surface area contributed by atoms with E-state index >= 15 is 0 Å². The van der Waals surface area contributed by atoms with Gasteiger partial charge in [-0.1, -0.05) is 12.2 Å². The van der Waals surface area contributed by atoms with Crippen molar-refractivity contribution >= 4 is 44.6 Å². The largest absolute Gasteiger partial charge is 0.0795 e. The van der Waals surface area contributed by atoms with Crippen LogP contribution in [0.25, 0.3) is 6.08 Å². The number of rotatable bonds is 0. The highest BCUT2D eigenvalue weighted by molar-refractivity contribution is 14.1. The molecule has 1 aliphatic rings. The van der Waals surface area contributed by atoms with Crippen molar-refractivity contribution in [1.82, 2.24) is 0 Å². The molecule has 0 heterocycles. The Labute approximate surface area is 88.0 Å². The number of halogens is 2. The van der Waals surface area contributed by atoms with Crippen molar-refractivity contribution in [3.63, 3.8) is 0 Å². The Kier molecular flexibility index (Phi) is 2.06. The third-order valence-electron chi connectivity index (χ3n) is 1.82. The lowest BCUT2D eigenvalue weighted by Crippen LogP contribution is -1.84. The fourth-order valence-electron chi connectivity index (χ4n) is 1.25. The summed E-state index contributed by atoms with van der Waals surface area (Å²) in [6.45, 7) is 0. The molecule has 1 aliphatic carbocycles. The third-order valence-corrected chi connectivity index (χ3v) is 4.11. The number of fused-ring (bicyclic) bond motifs is 1. The van der Waals surface area contributed by atoms with Gasteiger partial charge in [0.15, 0.2) is 0 Å². The van der Waals surface area contributed by atoms with E-state index in [0.29, 0.717) is 0 Å². The molecule has 0 aliphatic heterocycles. The van der Waals surface area contributed by atoms with Gasteiger partial charge in [0.1, 0.15) is 0 Å². The normalized spacial score (nSPS) is 13.6. The lowest BCUT2D eigenvalue weighted by Gasteiger charge is -2.01. The first-order chi connectivity index (χ1) is 5.27. The van der Waals surface area contributed by atoms with Crippen LogP contribution in [0, 0.1) is 3.57 Å². The summed E-state index contributed by atoms with van der Waals surface area (Å²) in [5.41, 5.74) is 2.80. The van der Waals surface area contributed by atoms with Crippen LogP contribution in [0.3, 0.4) is 0 Å². The molecule has 2 rings (SSSR count). The molecule has 0 radical (unpaired) electrons. The van der Waals surface area contributed by atoms with Gasteiger partial charge < -0.3 is 0 Å². The lowest BCUT2D eigenvalue weighted by molar-refractivity contribution is 1.29. The molecule has 0 unspecified atom stereocenters. The first-order valence-corrected chi connectivity index (χ1v) is 5.29. The molecule has 11 heavy (non-hydrogen) atoms. The zero-order valence-electron chi connectivity index (χ0n) is 5.77. The molecule has 2 heteroatoms. The van der Waals surface area contributed by atoms with E-state index in [9.17, 15) is 0 Å². The summed E-state index contributed by atoms with van der Waals surface area (Å²) in [5.74, 6) is 0. The van der Waals surface area contributed by atoms with E-state index in [0.717, 1.165) is 6.42 Å². The Bertz CT molecular complexity index is 329. The van der Waals surface area contributed by atoms with Crippen LogP contribution in [0.1, 0.15) is 11.1 Å². The number of benzene rings is 1. The Balaban J connectivity index is 2.63. The fraction of sp³-hybridized carbons (Fsp3) is 0.111. The quantitative estimate of drug-likeness (QED) is 0.640. The molecule has 56 valence electrons. The fourth-order valence-corrected chi connectivity index (χ4v) is 2.14. The summed E-state index contributed by atoms with van der Waals surface area (Å²) < 4.78 is 2.49. The smallest absolute Gasteiger partial charge is 0.0314 e. The number of hydrogen-bond donors (Lipinski definition) is 0. The summed E-state index contributed by atoms with van der Waals surface area (Å²) in [4.78, 5) is 0. The first-order valence-electron chi connectivity index (χ1n) is 3.42. The average molecular weight is 321 g/mol. The van der Waals surface area contributed by atoms with E-state index in [1.807, 2.05) is 0 Å². The van der Waals surface area contributed by atoms with Crippen LogP contribution >= 0.6 is 38.5 Å². The van der Waals surface area contributed by atoms with Gasteiger partial charge in [-0.05, 0) is 68.2 Å². The summed E-state index contributed by atoms with van der Waals surface area (Å²) in [6, 6.07) is 4.42. The minimum Gasteiger partial charge on any atom is -0.0795 e. The summed E-state index contributed by atoms with van der Waals surface area (Å²) in [7, 11) is 0. The average Bonchev–Trinajstić information content (AvgIpc) is 2.36. The molecule has 0 fully saturated rings. The molecule has 0 spiro atoms. The maximum absolute atomic E-state index is 3.51. The van der Waals surface area contributed by atoms with Gasteiger partial charge in [0.05, 0.1) is 0 Å². The second-order valence-electron chi connectivity index (χ2n) is 2.57. The van der Waals surface area contributed by atoms with Gasteiger partial charge in [0, 0.05) is 8.04 Å². The van der Waals surface area contributed by atoms with E-state index in [1.54, 1.807) is 0 Å². The third kappa shape index (κ3) is 1.38. The van der Waals surface area contributed by atoms with Crippen molar-refractivity contribution in [3.8, 4) is 0 Å². The van der Waals surface area contributed by atoms with E-state index in [1.165, 1.54) is 19.2 Å². The van der Waals surface area contributed by atoms with Gasteiger partial charge in [-0.2, -0.15) is 0 Å². The second-order valence-corrected chi connectivity index (χ2v) is 4.59. The molecule has 0 aromatic heterocycles. The lowest BCUT2D eigenvalue weighted by atomic mass is 10.1. The van der Waals surface area contributed by atoms with Crippen molar-refractivity contribution in [2.24, 2.45) is 0 Å². The van der Waals surface area contributed by atoms with Crippen LogP contribution in [0.4, 0.5) is 0 Å². The van der Waals surface area contributed by atoms with Crippen LogP contribution < -0.4 is 0 Å². The second kappa shape index (κ2) is 2.90. The Hall–Kier alpha value is 0.170. The van der Waals surface area contributed by atoms with E-state index < -0.39 is 0 Å². The van der Waals surface area contributed by atoms with Crippen molar-refractivity contribution in [1.29, 1.82) is 0 Å². The standard InChI is InChI=1S/C9H6BrI/c10-8-4-6-2-1-3-7(6)5-9(8)11/h1-2,4-5H,3H2. The zero-order chi connectivity index (χ0) is 7.84. The molecule has 1 aromatic rings. The molecular weight excluding hydrogens is 315 g/mol. The van der Waals surface area contributed by atoms with Crippen LogP contribution in [0.15, 0.2) is 22.7 Å². The molecule has 0 saturated carbocycles. The summed E-state index contributed by atoms with van der Waals surface area (Å²) in [5, 5.41) is 0. The summed E-state index contributed by atoms with van der Waals surface area (Å²) >= 11 is 5.85. The summed E-state index contributed by atoms with van der Waals surface area (Å²) in [6.07, 6.45) is 5.47. The zero-order valence-corrected chi connectivity index (χ0v) is 9.52. The van der Waals surface area contributed by atoms with Gasteiger partial charge in [0.2, 0.25) is 0 Å². The maximum atomic E-state index is 3.51. The molecule has 0 atom stereocenters. The molecular formula is C9H6BrI. The van der Waals surface area contributed by atoms with Crippen LogP contribution in [0.5, 0.6) is 0 Å². The monoisotopic (exact) mass is 320 g/mol. The molecule has 0 nitrogen and oxygen atoms in total. The maximum Gasteiger partial charge on any atom is 0.0314 e. The van der Waals surface area contributed by atoms with Crippen molar-refractivity contribution in [3.05, 3.63) is 37.4 Å². The molecule has 0 bridgehead atoms. The van der Waals surface area contributed by atoms with Crippen molar-refractivity contribution in [2.45, 2.75) is 6.42 Å². The highest BCUT2D eigenvalue weighted by Gasteiger charge is 2.07. The SMILES string of the molecule is Brc1cc2c(cc1I)CC=C2. The molecule has 0 N–H and O–H groups in total. The Morgan fingerprint density at radius 2 is 2.18 bits per heavy atom. The Morgan fingerprint density at radius 3 is 3.00 bits per heavy atom. The predicted molar refractivity (Wildman–Crippen MR) is 59.6 cm³/mol. The van der Waals surface area contributed by atoms with Crippen LogP contribution in [-0.2, 0) is 6.42 Å². The molecule has 1 aromatic carbocycles. The van der Waals surface area contributed by atoms with Gasteiger partial charge in [-0.3, -0.25) is 0 Å². The van der Waals surface area contributed by atoms with E-state index in [-0.39, 0.29) is 0 Å². The van der Waals surface area contributed by atoms with Gasteiger partial charge in [-0.15, -0.1) is 0 Å². The van der Waals surface area contributed by atoms with Gasteiger partial charge >= 0.3 is 0 Å². The predicted octanol–water partition coefficient (Wildman–Crippen LogP) is 3.62. The molecule has 0 saturated heterocycles. The van der Waals surface area contributed by atoms with Gasteiger partial charge in [0.25, 0.3) is 0 Å². The number of allylic oxidation sites excluding steroid dienone is 1. The Morgan fingerprint density at radius 1 is 1.36 bits per heavy atom. The minimum atomic E-state index is 1.10. The van der Waals surface area contributed by atoms with Crippen molar-refractivity contribution in [2.75, 3.05) is 0 Å². The highest BCUT2D eigenvalue weighted by Crippen LogP contribution is 2.27. The van der Waals surface area contributed by atoms with Crippen LogP contribution in [-0.4, -0.2) is 0 Å². The topological polar surface area (TPSA) is 0 Å².